The molecule has 0 aliphatic carbocycles. The van der Waals surface area contributed by atoms with Gasteiger partial charge in [-0.25, -0.2) is 0 Å². The molecule has 1 aromatic heterocycles. The average molecular weight is 432 g/mol. The van der Waals surface area contributed by atoms with Crippen LogP contribution in [-0.2, 0) is 17.8 Å². The number of methoxy groups -OCH3 is 1. The lowest BCUT2D eigenvalue weighted by Gasteiger charge is -2.34. The highest BCUT2D eigenvalue weighted by Crippen LogP contribution is 2.27. The summed E-state index contributed by atoms with van der Waals surface area (Å²) in [4.78, 5) is 23.2. The van der Waals surface area contributed by atoms with Crippen LogP contribution in [0.3, 0.4) is 0 Å². The van der Waals surface area contributed by atoms with Crippen LogP contribution in [-0.4, -0.2) is 29.1 Å². The van der Waals surface area contributed by atoms with E-state index in [1.54, 1.807) is 12.2 Å². The van der Waals surface area contributed by atoms with E-state index in [-0.39, 0.29) is 5.91 Å². The first-order chi connectivity index (χ1) is 13.6. The van der Waals surface area contributed by atoms with E-state index in [0.717, 1.165) is 16.9 Å². The van der Waals surface area contributed by atoms with Gasteiger partial charge in [0, 0.05) is 6.42 Å². The van der Waals surface area contributed by atoms with E-state index in [1.165, 1.54) is 20.7 Å². The third-order valence-corrected chi connectivity index (χ3v) is 6.93. The van der Waals surface area contributed by atoms with Crippen LogP contribution in [0.2, 0.25) is 0 Å². The molecule has 1 atom stereocenters. The van der Waals surface area contributed by atoms with Crippen LogP contribution in [0.1, 0.15) is 11.1 Å². The monoisotopic (exact) mass is 431 g/mol. The van der Waals surface area contributed by atoms with E-state index in [0.29, 0.717) is 27.8 Å². The zero-order chi connectivity index (χ0) is 19.5. The number of nitrogens with one attached hydrogen (secondary N) is 1. The highest BCUT2D eigenvalue weighted by molar-refractivity contribution is 7.79. The van der Waals surface area contributed by atoms with Crippen molar-refractivity contribution in [3.8, 4) is 11.5 Å². The molecule has 1 N–H and O–H groups in total. The second-order valence-electron chi connectivity index (χ2n) is 6.17. The fourth-order valence-corrected chi connectivity index (χ4v) is 4.89. The summed E-state index contributed by atoms with van der Waals surface area (Å²) in [6, 6.07) is 14.9. The number of carbonyl (C=O) groups is 1. The zero-order valence-electron chi connectivity index (χ0n) is 15.0. The van der Waals surface area contributed by atoms with Gasteiger partial charge in [0.2, 0.25) is 11.0 Å². The normalized spacial score (nSPS) is 16.2. The van der Waals surface area contributed by atoms with Gasteiger partial charge in [-0.1, -0.05) is 24.3 Å². The minimum Gasteiger partial charge on any atom is -0.497 e. The molecule has 0 spiro atoms. The minimum atomic E-state index is -0.487. The van der Waals surface area contributed by atoms with Gasteiger partial charge in [-0.3, -0.25) is 10.1 Å². The van der Waals surface area contributed by atoms with Crippen molar-refractivity contribution in [3.05, 3.63) is 63.6 Å². The molecule has 0 bridgehead atoms. The number of hydroxylamine groups is 2. The number of aromatic nitrogens is 1. The number of anilines is 1. The van der Waals surface area contributed by atoms with Crippen molar-refractivity contribution < 1.29 is 14.4 Å². The fourth-order valence-electron chi connectivity index (χ4n) is 3.02. The number of ether oxygens (including phenoxy) is 1. The number of hydrogen-bond acceptors (Lipinski definition) is 8. The van der Waals surface area contributed by atoms with Crippen LogP contribution in [0.25, 0.3) is 0 Å². The number of rotatable bonds is 5. The molecule has 2 aromatic carbocycles. The topological polar surface area (TPSA) is 63.7 Å². The Labute approximate surface area is 174 Å². The molecule has 4 rings (SSSR count). The Morgan fingerprint density at radius 2 is 1.86 bits per heavy atom. The first-order valence-electron chi connectivity index (χ1n) is 8.56. The molecular weight excluding hydrogens is 414 g/mol. The van der Waals surface area contributed by atoms with Crippen LogP contribution >= 0.6 is 32.9 Å². The van der Waals surface area contributed by atoms with Gasteiger partial charge >= 0.3 is 0 Å². The summed E-state index contributed by atoms with van der Waals surface area (Å²) < 4.78 is 5.70. The van der Waals surface area contributed by atoms with Gasteiger partial charge < -0.3 is 9.57 Å². The van der Waals surface area contributed by atoms with Gasteiger partial charge in [0.15, 0.2) is 3.95 Å². The van der Waals surface area contributed by atoms with E-state index in [4.69, 9.17) is 21.8 Å². The summed E-state index contributed by atoms with van der Waals surface area (Å²) in [5.74, 6) is 1.22. The van der Waals surface area contributed by atoms with Gasteiger partial charge in [-0.2, -0.15) is 4.98 Å². The van der Waals surface area contributed by atoms with Crippen molar-refractivity contribution in [2.45, 2.75) is 19.0 Å². The largest absolute Gasteiger partial charge is 0.497 e. The third-order valence-electron chi connectivity index (χ3n) is 4.41. The Hall–Kier alpha value is -2.33. The Morgan fingerprint density at radius 1 is 1.14 bits per heavy atom. The van der Waals surface area contributed by atoms with Crippen LogP contribution in [0, 0.1) is 3.95 Å². The standard InChI is InChI=1S/C19H17N3O3S3/c1-24-14-6-8-15(9-7-14)25-22-11-13-5-3-2-4-12(13)10-16(22)17(23)20-18-21-19(26)28-27-18/h2-9,16H,10-11H2,1H3,(H,20,21,23,26). The molecule has 0 saturated carbocycles. The number of fused-ring (bicyclic) bond motifs is 1. The van der Waals surface area contributed by atoms with Crippen molar-refractivity contribution in [1.82, 2.24) is 10.0 Å². The smallest absolute Gasteiger partial charge is 0.247 e. The molecule has 144 valence electrons. The highest BCUT2D eigenvalue weighted by Gasteiger charge is 2.33. The molecule has 1 unspecified atom stereocenters. The number of carbonyl (C=O) groups excluding carboxylic acids is 1. The minimum absolute atomic E-state index is 0.167. The summed E-state index contributed by atoms with van der Waals surface area (Å²) in [7, 11) is 4.34. The summed E-state index contributed by atoms with van der Waals surface area (Å²) in [5.41, 5.74) is 2.28. The fraction of sp³-hybridized carbons (Fsp3) is 0.211. The SMILES string of the molecule is COc1ccc(ON2Cc3ccccc3CC2C(=O)Nc2nc(=S)ss2)cc1. The lowest BCUT2D eigenvalue weighted by atomic mass is 9.95. The quantitative estimate of drug-likeness (QED) is 0.480. The van der Waals surface area contributed by atoms with Crippen molar-refractivity contribution in [1.29, 1.82) is 0 Å². The van der Waals surface area contributed by atoms with Gasteiger partial charge in [0.25, 0.3) is 0 Å². The maximum absolute atomic E-state index is 13.0. The van der Waals surface area contributed by atoms with E-state index < -0.39 is 6.04 Å². The Kier molecular flexibility index (Phi) is 5.67. The van der Waals surface area contributed by atoms with E-state index >= 15 is 0 Å². The third kappa shape index (κ3) is 4.22. The first kappa shape index (κ1) is 19.0. The number of nitrogens with zero attached hydrogens (tertiary/aromatic N) is 2. The predicted octanol–water partition coefficient (Wildman–Crippen LogP) is 4.30. The second-order valence-corrected chi connectivity index (χ2v) is 8.92. The average Bonchev–Trinajstić information content (AvgIpc) is 3.12. The molecule has 1 amide bonds. The Balaban J connectivity index is 1.58. The number of hydrogen-bond donors (Lipinski definition) is 1. The highest BCUT2D eigenvalue weighted by atomic mass is 32.9. The molecule has 2 heterocycles. The summed E-state index contributed by atoms with van der Waals surface area (Å²) >= 11 is 5.05. The van der Waals surface area contributed by atoms with Crippen LogP contribution in [0.4, 0.5) is 5.13 Å². The molecule has 28 heavy (non-hydrogen) atoms. The van der Waals surface area contributed by atoms with Gasteiger partial charge in [0.05, 0.1) is 13.7 Å². The Morgan fingerprint density at radius 3 is 2.54 bits per heavy atom. The molecule has 0 fully saturated rings. The van der Waals surface area contributed by atoms with Crippen LogP contribution in [0.5, 0.6) is 11.5 Å². The molecule has 1 aliphatic heterocycles. The molecule has 1 aliphatic rings. The summed E-state index contributed by atoms with van der Waals surface area (Å²) in [6.07, 6.45) is 0.549. The van der Waals surface area contributed by atoms with Gasteiger partial charge in [0.1, 0.15) is 17.5 Å². The number of amides is 1. The van der Waals surface area contributed by atoms with Crippen molar-refractivity contribution >= 4 is 43.9 Å². The zero-order valence-corrected chi connectivity index (χ0v) is 17.4. The van der Waals surface area contributed by atoms with Crippen LogP contribution < -0.4 is 14.9 Å². The molecule has 3 aromatic rings. The summed E-state index contributed by atoms with van der Waals surface area (Å²) in [6.45, 7) is 0.507. The number of benzene rings is 2. The van der Waals surface area contributed by atoms with Crippen LogP contribution in [0.15, 0.2) is 48.5 Å². The molecule has 9 heteroatoms. The predicted molar refractivity (Wildman–Crippen MR) is 113 cm³/mol. The van der Waals surface area contributed by atoms with E-state index in [2.05, 4.69) is 16.4 Å². The van der Waals surface area contributed by atoms with E-state index in [1.807, 2.05) is 42.5 Å². The van der Waals surface area contributed by atoms with Crippen molar-refractivity contribution in [3.63, 3.8) is 0 Å². The van der Waals surface area contributed by atoms with E-state index in [9.17, 15) is 4.79 Å². The van der Waals surface area contributed by atoms with Crippen molar-refractivity contribution in [2.24, 2.45) is 0 Å². The molecule has 0 radical (unpaired) electrons. The van der Waals surface area contributed by atoms with Gasteiger partial charge in [-0.05, 0) is 68.3 Å². The molecule has 6 nitrogen and oxygen atoms in total. The Bertz CT molecular complexity index is 1030. The second kappa shape index (κ2) is 8.36. The lowest BCUT2D eigenvalue weighted by molar-refractivity contribution is -0.144. The lowest BCUT2D eigenvalue weighted by Crippen LogP contribution is -2.49. The van der Waals surface area contributed by atoms with Gasteiger partial charge in [-0.15, -0.1) is 5.06 Å². The first-order valence-corrected chi connectivity index (χ1v) is 11.1. The molecule has 0 saturated heterocycles. The summed E-state index contributed by atoms with van der Waals surface area (Å²) in [5, 5.41) is 5.10. The maximum atomic E-state index is 13.0. The maximum Gasteiger partial charge on any atom is 0.247 e. The molecular formula is C19H17N3O3S3. The van der Waals surface area contributed by atoms with Crippen molar-refractivity contribution in [2.75, 3.05) is 12.4 Å².